The number of hydrogen-bond donors (Lipinski definition) is 1. The molecular formula is C19H18FN3O2S. The highest BCUT2D eigenvalue weighted by molar-refractivity contribution is 7.15. The number of fused-ring (bicyclic) bond motifs is 1. The Balaban J connectivity index is 1.66. The van der Waals surface area contributed by atoms with Crippen LogP contribution >= 0.6 is 11.3 Å². The number of imidazole rings is 1. The molecule has 0 spiro atoms. The molecule has 1 N–H and O–H groups in total. The van der Waals surface area contributed by atoms with E-state index in [1.54, 1.807) is 18.2 Å². The molecule has 3 aromatic rings. The lowest BCUT2D eigenvalue weighted by Crippen LogP contribution is -2.38. The third-order valence-electron chi connectivity index (χ3n) is 4.71. The molecule has 1 fully saturated rings. The first-order chi connectivity index (χ1) is 12.5. The number of carbonyl (C=O) groups excluding carboxylic acids is 2. The average molecular weight is 371 g/mol. The molecule has 1 aliphatic rings. The summed E-state index contributed by atoms with van der Waals surface area (Å²) in [5, 5.41) is 0. The first-order valence-corrected chi connectivity index (χ1v) is 9.41. The van der Waals surface area contributed by atoms with Gasteiger partial charge in [0.05, 0.1) is 26.8 Å². The number of halogens is 1. The molecule has 1 atom stereocenters. The monoisotopic (exact) mass is 371 g/mol. The van der Waals surface area contributed by atoms with Crippen molar-refractivity contribution in [3.05, 3.63) is 51.7 Å². The van der Waals surface area contributed by atoms with Crippen molar-refractivity contribution in [3.8, 4) is 0 Å². The van der Waals surface area contributed by atoms with E-state index >= 15 is 0 Å². The zero-order valence-electron chi connectivity index (χ0n) is 14.3. The van der Waals surface area contributed by atoms with E-state index in [1.165, 1.54) is 30.4 Å². The molecule has 4 rings (SSSR count). The Morgan fingerprint density at radius 1 is 1.23 bits per heavy atom. The Labute approximate surface area is 153 Å². The minimum atomic E-state index is -0.320. The fourth-order valence-corrected chi connectivity index (χ4v) is 4.26. The number of aromatic nitrogens is 2. The molecule has 1 saturated heterocycles. The molecule has 26 heavy (non-hydrogen) atoms. The van der Waals surface area contributed by atoms with E-state index in [2.05, 4.69) is 9.97 Å². The minimum Gasteiger partial charge on any atom is -0.340 e. The van der Waals surface area contributed by atoms with E-state index in [9.17, 15) is 14.0 Å². The van der Waals surface area contributed by atoms with Crippen molar-refractivity contribution in [2.45, 2.75) is 32.2 Å². The van der Waals surface area contributed by atoms with Gasteiger partial charge in [0, 0.05) is 6.54 Å². The largest absolute Gasteiger partial charge is 0.340 e. The lowest BCUT2D eigenvalue weighted by molar-refractivity contribution is 0.0606. The van der Waals surface area contributed by atoms with Gasteiger partial charge >= 0.3 is 0 Å². The number of amides is 1. The van der Waals surface area contributed by atoms with Crippen molar-refractivity contribution in [2.24, 2.45) is 0 Å². The number of thiophene rings is 1. The van der Waals surface area contributed by atoms with E-state index in [4.69, 9.17) is 0 Å². The van der Waals surface area contributed by atoms with Crippen LogP contribution in [0.3, 0.4) is 0 Å². The second-order valence-corrected chi connectivity index (χ2v) is 7.60. The molecule has 0 bridgehead atoms. The molecule has 134 valence electrons. The van der Waals surface area contributed by atoms with Crippen LogP contribution < -0.4 is 0 Å². The van der Waals surface area contributed by atoms with Crippen LogP contribution in [-0.2, 0) is 0 Å². The third kappa shape index (κ3) is 3.03. The fourth-order valence-electron chi connectivity index (χ4n) is 3.40. The Morgan fingerprint density at radius 2 is 2.04 bits per heavy atom. The Kier molecular flexibility index (Phi) is 4.32. The van der Waals surface area contributed by atoms with Gasteiger partial charge in [-0.2, -0.15) is 0 Å². The summed E-state index contributed by atoms with van der Waals surface area (Å²) in [4.78, 5) is 35.2. The molecule has 2 aromatic heterocycles. The van der Waals surface area contributed by atoms with Gasteiger partial charge in [-0.25, -0.2) is 9.37 Å². The molecule has 5 nitrogen and oxygen atoms in total. The van der Waals surface area contributed by atoms with Crippen molar-refractivity contribution in [1.29, 1.82) is 0 Å². The zero-order chi connectivity index (χ0) is 18.3. The van der Waals surface area contributed by atoms with Crippen molar-refractivity contribution >= 4 is 34.1 Å². The Morgan fingerprint density at radius 3 is 2.81 bits per heavy atom. The van der Waals surface area contributed by atoms with Gasteiger partial charge in [0.15, 0.2) is 5.78 Å². The number of ketones is 1. The molecular weight excluding hydrogens is 353 g/mol. The number of aromatic amines is 1. The summed E-state index contributed by atoms with van der Waals surface area (Å²) in [5.74, 6) is 0.240. The number of nitrogens with zero attached hydrogens (tertiary/aromatic N) is 2. The molecule has 0 saturated carbocycles. The zero-order valence-corrected chi connectivity index (χ0v) is 15.1. The number of likely N-dealkylation sites (tertiary alicyclic amines) is 1. The van der Waals surface area contributed by atoms with E-state index in [0.717, 1.165) is 19.3 Å². The van der Waals surface area contributed by atoms with E-state index in [1.807, 2.05) is 4.90 Å². The van der Waals surface area contributed by atoms with Crippen molar-refractivity contribution in [1.82, 2.24) is 14.9 Å². The fraction of sp³-hybridized carbons (Fsp3) is 0.316. The summed E-state index contributed by atoms with van der Waals surface area (Å²) in [5.41, 5.74) is 1.32. The standard InChI is InChI=1S/C19H18FN3O2S/c1-11(24)16-7-8-17(26-16)19(25)23-9-3-2-4-15(23)18-21-13-6-5-12(20)10-14(13)22-18/h5-8,10,15H,2-4,9H2,1H3,(H,21,22)/t15-/m1/s1. The van der Waals surface area contributed by atoms with Crippen LogP contribution in [0.2, 0.25) is 0 Å². The summed E-state index contributed by atoms with van der Waals surface area (Å²) in [7, 11) is 0. The molecule has 1 aliphatic heterocycles. The summed E-state index contributed by atoms with van der Waals surface area (Å²) in [6, 6.07) is 7.67. The normalized spacial score (nSPS) is 17.6. The van der Waals surface area contributed by atoms with Gasteiger partial charge in [-0.1, -0.05) is 0 Å². The predicted molar refractivity (Wildman–Crippen MR) is 98.0 cm³/mol. The predicted octanol–water partition coefficient (Wildman–Crippen LogP) is 4.33. The van der Waals surface area contributed by atoms with Crippen LogP contribution in [-0.4, -0.2) is 33.1 Å². The van der Waals surface area contributed by atoms with Gasteiger partial charge in [0.1, 0.15) is 11.6 Å². The van der Waals surface area contributed by atoms with Gasteiger partial charge in [0.25, 0.3) is 5.91 Å². The summed E-state index contributed by atoms with van der Waals surface area (Å²) in [6.45, 7) is 2.14. The van der Waals surface area contributed by atoms with Gasteiger partial charge < -0.3 is 9.88 Å². The highest BCUT2D eigenvalue weighted by atomic mass is 32.1. The molecule has 0 unspecified atom stereocenters. The molecule has 0 aliphatic carbocycles. The molecule has 7 heteroatoms. The maximum absolute atomic E-state index is 13.4. The topological polar surface area (TPSA) is 66.1 Å². The maximum atomic E-state index is 13.4. The summed E-state index contributed by atoms with van der Waals surface area (Å²) < 4.78 is 13.4. The number of rotatable bonds is 3. The number of piperidine rings is 1. The number of hydrogen-bond acceptors (Lipinski definition) is 4. The summed E-state index contributed by atoms with van der Waals surface area (Å²) in [6.07, 6.45) is 2.74. The maximum Gasteiger partial charge on any atom is 0.264 e. The van der Waals surface area contributed by atoms with Crippen molar-refractivity contribution in [3.63, 3.8) is 0 Å². The first-order valence-electron chi connectivity index (χ1n) is 8.60. The van der Waals surface area contributed by atoms with Crippen molar-refractivity contribution < 1.29 is 14.0 Å². The second-order valence-electron chi connectivity index (χ2n) is 6.51. The molecule has 1 amide bonds. The van der Waals surface area contributed by atoms with Gasteiger partial charge in [-0.3, -0.25) is 9.59 Å². The highest BCUT2D eigenvalue weighted by Gasteiger charge is 2.31. The smallest absolute Gasteiger partial charge is 0.264 e. The second kappa shape index (κ2) is 6.64. The number of carbonyl (C=O) groups is 2. The highest BCUT2D eigenvalue weighted by Crippen LogP contribution is 2.33. The van der Waals surface area contributed by atoms with Crippen LogP contribution in [0.1, 0.15) is 57.4 Å². The number of benzene rings is 1. The van der Waals surface area contributed by atoms with Gasteiger partial charge in [-0.15, -0.1) is 11.3 Å². The number of Topliss-reactive ketones (excluding diaryl/α,β-unsaturated/α-hetero) is 1. The Bertz CT molecular complexity index is 994. The lowest BCUT2D eigenvalue weighted by atomic mass is 10.0. The quantitative estimate of drug-likeness (QED) is 0.697. The minimum absolute atomic E-state index is 0.0384. The van der Waals surface area contributed by atoms with Gasteiger partial charge in [0.2, 0.25) is 0 Å². The first kappa shape index (κ1) is 16.9. The lowest BCUT2D eigenvalue weighted by Gasteiger charge is -2.34. The number of H-pyrrole nitrogens is 1. The van der Waals surface area contributed by atoms with Crippen LogP contribution in [0.25, 0.3) is 11.0 Å². The van der Waals surface area contributed by atoms with Crippen molar-refractivity contribution in [2.75, 3.05) is 6.54 Å². The van der Waals surface area contributed by atoms with E-state index in [0.29, 0.717) is 33.2 Å². The van der Waals surface area contributed by atoms with E-state index < -0.39 is 0 Å². The van der Waals surface area contributed by atoms with Crippen LogP contribution in [0, 0.1) is 5.82 Å². The van der Waals surface area contributed by atoms with Crippen LogP contribution in [0.15, 0.2) is 30.3 Å². The van der Waals surface area contributed by atoms with E-state index in [-0.39, 0.29) is 23.5 Å². The Hall–Kier alpha value is -2.54. The summed E-state index contributed by atoms with van der Waals surface area (Å²) >= 11 is 1.23. The van der Waals surface area contributed by atoms with Gasteiger partial charge in [-0.05, 0) is 56.5 Å². The van der Waals surface area contributed by atoms with Crippen LogP contribution in [0.4, 0.5) is 4.39 Å². The SMILES string of the molecule is CC(=O)c1ccc(C(=O)N2CCCC[C@@H]2c2nc3ccc(F)cc3[nH]2)s1. The average Bonchev–Trinajstić information content (AvgIpc) is 3.28. The molecule has 1 aromatic carbocycles. The molecule has 3 heterocycles. The van der Waals surface area contributed by atoms with Crippen LogP contribution in [0.5, 0.6) is 0 Å². The third-order valence-corrected chi connectivity index (χ3v) is 5.88. The number of nitrogens with one attached hydrogen (secondary N) is 1. The molecule has 0 radical (unpaired) electrons.